The Kier molecular flexibility index (Phi) is 7.38. The average Bonchev–Trinajstić information content (AvgIpc) is 3.34. The number of benzene rings is 2. The maximum absolute atomic E-state index is 5.71. The molecule has 0 bridgehead atoms. The molecular formula is C29H38O2P2. The highest BCUT2D eigenvalue weighted by Gasteiger charge is 2.39. The van der Waals surface area contributed by atoms with Gasteiger partial charge in [-0.3, -0.25) is 0 Å². The van der Waals surface area contributed by atoms with E-state index < -0.39 is 7.92 Å². The van der Waals surface area contributed by atoms with E-state index in [9.17, 15) is 0 Å². The lowest BCUT2D eigenvalue weighted by atomic mass is 10.1. The Hall–Kier alpha value is -1.62. The quantitative estimate of drug-likeness (QED) is 0.406. The fourth-order valence-electron chi connectivity index (χ4n) is 5.86. The van der Waals surface area contributed by atoms with Crippen molar-refractivity contribution in [3.8, 4) is 11.5 Å². The van der Waals surface area contributed by atoms with Crippen LogP contribution in [0.1, 0.15) is 48.9 Å². The van der Waals surface area contributed by atoms with Crippen molar-refractivity contribution in [1.29, 1.82) is 0 Å². The summed E-state index contributed by atoms with van der Waals surface area (Å²) in [4.78, 5) is 0. The van der Waals surface area contributed by atoms with Crippen LogP contribution in [-0.2, 0) is 0 Å². The molecule has 0 amide bonds. The van der Waals surface area contributed by atoms with Crippen LogP contribution in [0.25, 0.3) is 0 Å². The van der Waals surface area contributed by atoms with Gasteiger partial charge in [0.05, 0.1) is 14.2 Å². The summed E-state index contributed by atoms with van der Waals surface area (Å²) in [6, 6.07) is 9.52. The summed E-state index contributed by atoms with van der Waals surface area (Å²) in [5.74, 6) is 2.02. The fourth-order valence-corrected chi connectivity index (χ4v) is 12.9. The van der Waals surface area contributed by atoms with Gasteiger partial charge in [0.2, 0.25) is 0 Å². The maximum atomic E-state index is 5.71. The lowest BCUT2D eigenvalue weighted by molar-refractivity contribution is 0.408. The lowest BCUT2D eigenvalue weighted by Gasteiger charge is -2.34. The van der Waals surface area contributed by atoms with Crippen molar-refractivity contribution in [2.75, 3.05) is 14.2 Å². The molecule has 0 saturated carbocycles. The summed E-state index contributed by atoms with van der Waals surface area (Å²) in [5.41, 5.74) is 7.00. The number of aryl methyl sites for hydroxylation is 4. The number of hydrogen-bond acceptors (Lipinski definition) is 2. The van der Waals surface area contributed by atoms with Gasteiger partial charge in [0, 0.05) is 5.66 Å². The van der Waals surface area contributed by atoms with Crippen LogP contribution >= 0.6 is 15.8 Å². The Labute approximate surface area is 203 Å². The summed E-state index contributed by atoms with van der Waals surface area (Å²) in [6.45, 7) is 13.7. The highest BCUT2D eigenvalue weighted by atomic mass is 31.1. The van der Waals surface area contributed by atoms with Crippen molar-refractivity contribution in [2.45, 2.75) is 71.4 Å². The Morgan fingerprint density at radius 1 is 0.758 bits per heavy atom. The van der Waals surface area contributed by atoms with Crippen LogP contribution in [0.5, 0.6) is 11.5 Å². The van der Waals surface area contributed by atoms with Gasteiger partial charge in [0.25, 0.3) is 0 Å². The molecule has 33 heavy (non-hydrogen) atoms. The normalized spacial score (nSPS) is 22.8. The summed E-state index contributed by atoms with van der Waals surface area (Å²) in [5, 5.41) is 4.61. The Morgan fingerprint density at radius 3 is 1.58 bits per heavy atom. The van der Waals surface area contributed by atoms with E-state index in [-0.39, 0.29) is 7.92 Å². The van der Waals surface area contributed by atoms with E-state index in [2.05, 4.69) is 84.0 Å². The van der Waals surface area contributed by atoms with Crippen LogP contribution in [0.3, 0.4) is 0 Å². The molecule has 1 aliphatic heterocycles. The van der Waals surface area contributed by atoms with Gasteiger partial charge >= 0.3 is 0 Å². The van der Waals surface area contributed by atoms with Gasteiger partial charge in [0.15, 0.2) is 0 Å². The van der Waals surface area contributed by atoms with E-state index in [1.165, 1.54) is 45.7 Å². The first-order valence-electron chi connectivity index (χ1n) is 12.0. The van der Waals surface area contributed by atoms with Gasteiger partial charge in [-0.2, -0.15) is 0 Å². The fraction of sp³-hybridized carbons (Fsp3) is 0.448. The highest BCUT2D eigenvalue weighted by Crippen LogP contribution is 2.66. The van der Waals surface area contributed by atoms with E-state index >= 15 is 0 Å². The molecule has 0 spiro atoms. The molecule has 1 fully saturated rings. The minimum absolute atomic E-state index is 0.105. The summed E-state index contributed by atoms with van der Waals surface area (Å²) < 4.78 is 11.4. The molecular weight excluding hydrogens is 442 g/mol. The molecule has 3 atom stereocenters. The Morgan fingerprint density at radius 2 is 1.18 bits per heavy atom. The zero-order chi connectivity index (χ0) is 23.9. The zero-order valence-electron chi connectivity index (χ0n) is 21.4. The minimum atomic E-state index is -0.595. The molecule has 176 valence electrons. The number of hydrogen-bond donors (Lipinski definition) is 0. The molecule has 4 heteroatoms. The second-order valence-corrected chi connectivity index (χ2v) is 15.1. The van der Waals surface area contributed by atoms with Crippen molar-refractivity contribution in [1.82, 2.24) is 0 Å². The van der Waals surface area contributed by atoms with E-state index in [4.69, 9.17) is 9.47 Å². The molecule has 1 aliphatic carbocycles. The van der Waals surface area contributed by atoms with E-state index in [1.54, 1.807) is 19.5 Å². The molecule has 2 aromatic rings. The van der Waals surface area contributed by atoms with Crippen LogP contribution in [0, 0.1) is 27.7 Å². The molecule has 0 aromatic heterocycles. The maximum Gasteiger partial charge on any atom is 0.124 e. The second-order valence-electron chi connectivity index (χ2n) is 9.70. The van der Waals surface area contributed by atoms with Crippen LogP contribution in [0.15, 0.2) is 47.8 Å². The van der Waals surface area contributed by atoms with Crippen molar-refractivity contribution in [3.05, 3.63) is 70.1 Å². The number of allylic oxidation sites excluding steroid dienone is 4. The Balaban J connectivity index is 1.88. The largest absolute Gasteiger partial charge is 0.496 e. The van der Waals surface area contributed by atoms with E-state index in [0.29, 0.717) is 5.66 Å². The van der Waals surface area contributed by atoms with Crippen molar-refractivity contribution >= 4 is 26.5 Å². The van der Waals surface area contributed by atoms with Crippen molar-refractivity contribution < 1.29 is 9.47 Å². The average molecular weight is 481 g/mol. The van der Waals surface area contributed by atoms with Gasteiger partial charge in [-0.25, -0.2) is 0 Å². The summed E-state index contributed by atoms with van der Waals surface area (Å²) in [7, 11) is 2.86. The lowest BCUT2D eigenvalue weighted by Crippen LogP contribution is -2.23. The predicted molar refractivity (Wildman–Crippen MR) is 147 cm³/mol. The Bertz CT molecular complexity index is 985. The number of methoxy groups -OCH3 is 2. The monoisotopic (exact) mass is 480 g/mol. The third-order valence-corrected chi connectivity index (χ3v) is 13.5. The number of ether oxygens (including phenoxy) is 2. The van der Waals surface area contributed by atoms with Crippen molar-refractivity contribution in [2.24, 2.45) is 0 Å². The standard InChI is InChI=1S/C29H38O2P2/c1-18-14-24(15-19(2)28(18)30-7)33(25-16-20(3)29(31-8)21(4)17-25)27-11-9-10-26(27)32-22(5)12-13-23(32)6/h9-11,14-17,22-23,27H,12-13H2,1-8H3/t22-,23-,27+/m0/s1. The van der Waals surface area contributed by atoms with Gasteiger partial charge in [-0.1, -0.05) is 40.0 Å². The van der Waals surface area contributed by atoms with Crippen LogP contribution in [0.2, 0.25) is 0 Å². The van der Waals surface area contributed by atoms with Gasteiger partial charge in [-0.15, -0.1) is 0 Å². The molecule has 1 saturated heterocycles. The van der Waals surface area contributed by atoms with Crippen LogP contribution in [0.4, 0.5) is 0 Å². The zero-order valence-corrected chi connectivity index (χ0v) is 23.2. The van der Waals surface area contributed by atoms with Gasteiger partial charge in [-0.05, 0) is 122 Å². The molecule has 2 nitrogen and oxygen atoms in total. The molecule has 0 N–H and O–H groups in total. The molecule has 1 heterocycles. The topological polar surface area (TPSA) is 18.5 Å². The molecule has 0 unspecified atom stereocenters. The first kappa shape index (κ1) is 24.5. The predicted octanol–water partition coefficient (Wildman–Crippen LogP) is 7.25. The summed E-state index contributed by atoms with van der Waals surface area (Å²) in [6.07, 6.45) is 10.0. The van der Waals surface area contributed by atoms with E-state index in [0.717, 1.165) is 22.8 Å². The molecule has 2 aromatic carbocycles. The van der Waals surface area contributed by atoms with Crippen molar-refractivity contribution in [3.63, 3.8) is 0 Å². The highest BCUT2D eigenvalue weighted by molar-refractivity contribution is 7.75. The molecule has 4 rings (SSSR count). The first-order chi connectivity index (χ1) is 15.8. The van der Waals surface area contributed by atoms with Gasteiger partial charge in [0.1, 0.15) is 11.5 Å². The second kappa shape index (κ2) is 9.93. The molecule has 0 radical (unpaired) electrons. The molecule has 2 aliphatic rings. The van der Waals surface area contributed by atoms with Gasteiger partial charge < -0.3 is 9.47 Å². The van der Waals surface area contributed by atoms with Crippen LogP contribution < -0.4 is 20.1 Å². The number of rotatable bonds is 6. The van der Waals surface area contributed by atoms with E-state index in [1.807, 2.05) is 0 Å². The SMILES string of the molecule is COc1c(C)cc(P(c2cc(C)c(OC)c(C)c2)[C@@H]2C=CC=C2P2[C@@H](C)CC[C@@H]2C)cc1C. The minimum Gasteiger partial charge on any atom is -0.496 e. The third kappa shape index (κ3) is 4.54. The third-order valence-electron chi connectivity index (χ3n) is 7.25. The van der Waals surface area contributed by atoms with Crippen LogP contribution in [-0.4, -0.2) is 31.2 Å². The summed E-state index contributed by atoms with van der Waals surface area (Å²) >= 11 is 0. The first-order valence-corrected chi connectivity index (χ1v) is 14.9. The smallest absolute Gasteiger partial charge is 0.124 e.